The van der Waals surface area contributed by atoms with Crippen LogP contribution in [-0.4, -0.2) is 41.9 Å². The van der Waals surface area contributed by atoms with E-state index in [1.807, 2.05) is 12.2 Å². The van der Waals surface area contributed by atoms with E-state index in [-0.39, 0.29) is 11.5 Å². The summed E-state index contributed by atoms with van der Waals surface area (Å²) in [4.78, 5) is 16.4. The highest BCUT2D eigenvalue weighted by Gasteiger charge is 2.52. The van der Waals surface area contributed by atoms with E-state index in [0.29, 0.717) is 45.6 Å². The summed E-state index contributed by atoms with van der Waals surface area (Å²) < 4.78 is 13.4. The normalized spacial score (nSPS) is 26.7. The number of aliphatic hydroxyl groups is 1. The van der Waals surface area contributed by atoms with Crippen LogP contribution in [0.4, 0.5) is 11.4 Å². The van der Waals surface area contributed by atoms with Gasteiger partial charge >= 0.3 is 17.1 Å². The number of rotatable bonds is 10. The Morgan fingerprint density at radius 3 is 1.98 bits per heavy atom. The first kappa shape index (κ1) is 36.8. The molecule has 11 rings (SSSR count). The lowest BCUT2D eigenvalue weighted by Gasteiger charge is -2.55. The van der Waals surface area contributed by atoms with E-state index in [2.05, 4.69) is 126 Å². The lowest BCUT2D eigenvalue weighted by Crippen LogP contribution is -2.47. The van der Waals surface area contributed by atoms with Crippen molar-refractivity contribution in [3.8, 4) is 5.75 Å². The zero-order valence-corrected chi connectivity index (χ0v) is 34.5. The van der Waals surface area contributed by atoms with Crippen molar-refractivity contribution in [3.63, 3.8) is 0 Å². The molecule has 4 bridgehead atoms. The zero-order chi connectivity index (χ0) is 39.3. The van der Waals surface area contributed by atoms with Crippen LogP contribution in [0, 0.1) is 34.5 Å². The number of carbonyl (C=O) groups excluding carboxylic acids is 1. The van der Waals surface area contributed by atoms with E-state index in [1.54, 1.807) is 0 Å². The minimum absolute atomic E-state index is 0.0905. The van der Waals surface area contributed by atoms with Crippen LogP contribution < -0.4 is 14.5 Å². The van der Waals surface area contributed by atoms with Gasteiger partial charge in [0.2, 0.25) is 0 Å². The fourth-order valence-corrected chi connectivity index (χ4v) is 10.5. The molecule has 0 amide bonds. The topological polar surface area (TPSA) is 68.6 Å². The summed E-state index contributed by atoms with van der Waals surface area (Å²) in [5, 5.41) is 12.7. The van der Waals surface area contributed by atoms with E-state index < -0.39 is 0 Å². The number of benzene rings is 2. The number of ether oxygens (including phenoxy) is 1. The maximum absolute atomic E-state index is 11.7. The molecule has 2 saturated carbocycles. The molecule has 6 heteroatoms. The molecule has 4 atom stereocenters. The van der Waals surface area contributed by atoms with E-state index >= 15 is 0 Å². The van der Waals surface area contributed by atoms with E-state index in [9.17, 15) is 9.90 Å². The van der Waals surface area contributed by atoms with Crippen molar-refractivity contribution >= 4 is 45.3 Å². The molecule has 6 nitrogen and oxygen atoms in total. The largest absolute Gasteiger partial charge is 0.506 e. The number of hydrogen-bond acceptors (Lipinski definition) is 4. The standard InChI is InChI=1S/C50H56N2O4/c1-9-51(10-2)37-13-15-39-29(23-43(55-45(39)27-37)31-17-33-25-34(18-31)49(33,5)6)21-41-47(53)42(48(41)54)22-30-24-44(32-19-35-26-36(20-32)50(35,7)8)56-46-28-38(14-16-40(30)46)52(11-3)12-4/h13-17,19,21-24,27-28,33-36H,9-12,18,20,25-26H2,1-8H3/p+2. The first-order valence-corrected chi connectivity index (χ1v) is 21.1. The van der Waals surface area contributed by atoms with Crippen LogP contribution in [0.5, 0.6) is 5.75 Å². The molecule has 0 saturated heterocycles. The van der Waals surface area contributed by atoms with Crippen molar-refractivity contribution in [2.45, 2.75) is 81.1 Å². The van der Waals surface area contributed by atoms with Crippen LogP contribution in [0.25, 0.3) is 28.2 Å². The Bertz CT molecular complexity index is 2360. The van der Waals surface area contributed by atoms with Crippen LogP contribution in [0.1, 0.15) is 98.0 Å². The van der Waals surface area contributed by atoms with Gasteiger partial charge in [-0.25, -0.2) is 4.42 Å². The number of nitrogens with zero attached hydrogens (tertiary/aromatic N) is 2. The maximum Gasteiger partial charge on any atom is 0.363 e. The van der Waals surface area contributed by atoms with E-state index in [0.717, 1.165) is 95.3 Å². The third-order valence-corrected chi connectivity index (χ3v) is 14.9. The monoisotopic (exact) mass is 750 g/mol. The third kappa shape index (κ3) is 5.72. The first-order valence-electron chi connectivity index (χ1n) is 21.1. The minimum Gasteiger partial charge on any atom is -0.506 e. The van der Waals surface area contributed by atoms with Crippen LogP contribution in [-0.2, 0) is 0 Å². The highest BCUT2D eigenvalue weighted by atomic mass is 16.5. The Balaban J connectivity index is 1.12. The molecule has 1 aliphatic heterocycles. The van der Waals surface area contributed by atoms with Gasteiger partial charge in [0.15, 0.2) is 0 Å². The molecule has 0 spiro atoms. The quantitative estimate of drug-likeness (QED) is 0.165. The lowest BCUT2D eigenvalue weighted by molar-refractivity contribution is -0.00119. The SMILES string of the molecule is CCN(CC)c1ccc2c(c1)OC(C1=CC3CC(C1)C3(C)C)=CC2=CC1=C(O)C(=Cc2cc(C3=CC4CC(C3)C4(C)C)[o+]c3cc(N(CC)CC)ccc23)C1=[OH+]. The molecule has 2 heterocycles. The average Bonchev–Trinajstić information content (AvgIpc) is 3.22. The molecule has 3 aromatic rings. The predicted octanol–water partition coefficient (Wildman–Crippen LogP) is 12.0. The predicted molar refractivity (Wildman–Crippen MR) is 231 cm³/mol. The van der Waals surface area contributed by atoms with Gasteiger partial charge in [0.05, 0.1) is 23.1 Å². The summed E-state index contributed by atoms with van der Waals surface area (Å²) in [5.41, 5.74) is 9.88. The molecule has 7 aliphatic carbocycles. The Morgan fingerprint density at radius 2 is 1.41 bits per heavy atom. The number of hydrogen-bond donors (Lipinski definition) is 1. The molecule has 2 fully saturated rings. The summed E-state index contributed by atoms with van der Waals surface area (Å²) in [6, 6.07) is 14.9. The maximum atomic E-state index is 11.7. The van der Waals surface area contributed by atoms with Gasteiger partial charge in [-0.05, 0) is 142 Å². The number of anilines is 2. The third-order valence-electron chi connectivity index (χ3n) is 14.9. The van der Waals surface area contributed by atoms with E-state index in [1.165, 1.54) is 24.0 Å². The zero-order valence-electron chi connectivity index (χ0n) is 34.5. The fourth-order valence-electron chi connectivity index (χ4n) is 10.5. The van der Waals surface area contributed by atoms with Crippen molar-refractivity contribution < 1.29 is 19.1 Å². The molecule has 4 unspecified atom stereocenters. The van der Waals surface area contributed by atoms with Gasteiger partial charge in [-0.3, -0.25) is 4.79 Å². The molecule has 1 aromatic heterocycles. The summed E-state index contributed by atoms with van der Waals surface area (Å²) in [6.45, 7) is 21.8. The first-order chi connectivity index (χ1) is 26.8. The second kappa shape index (κ2) is 13.4. The summed E-state index contributed by atoms with van der Waals surface area (Å²) in [7, 11) is 0. The van der Waals surface area contributed by atoms with Gasteiger partial charge in [0, 0.05) is 54.7 Å². The Labute approximate surface area is 332 Å². The van der Waals surface area contributed by atoms with Gasteiger partial charge in [-0.1, -0.05) is 39.8 Å². The highest BCUT2D eigenvalue weighted by molar-refractivity contribution is 6.25. The lowest BCUT2D eigenvalue weighted by atomic mass is 9.50. The number of ketones is 1. The highest BCUT2D eigenvalue weighted by Crippen LogP contribution is 2.60. The fraction of sp³-hybridized carbons (Fsp3) is 0.440. The Kier molecular flexibility index (Phi) is 8.79. The van der Waals surface area contributed by atoms with Gasteiger partial charge < -0.3 is 19.6 Å². The van der Waals surface area contributed by atoms with Crippen molar-refractivity contribution in [1.82, 2.24) is 0 Å². The number of aliphatic hydroxyl groups excluding tert-OH is 1. The Morgan fingerprint density at radius 1 is 0.804 bits per heavy atom. The number of fused-ring (bicyclic) bond motifs is 4. The van der Waals surface area contributed by atoms with Gasteiger partial charge in [0.25, 0.3) is 0 Å². The molecular weight excluding hydrogens is 693 g/mol. The second-order valence-corrected chi connectivity index (χ2v) is 18.2. The van der Waals surface area contributed by atoms with Crippen molar-refractivity contribution in [3.05, 3.63) is 112 Å². The Hall–Kier alpha value is -4.84. The average molecular weight is 751 g/mol. The van der Waals surface area contributed by atoms with E-state index in [4.69, 9.17) is 9.15 Å². The van der Waals surface area contributed by atoms with Crippen LogP contribution in [0.3, 0.4) is 0 Å². The van der Waals surface area contributed by atoms with Gasteiger partial charge in [-0.2, -0.15) is 0 Å². The molecule has 56 heavy (non-hydrogen) atoms. The molecular formula is C50H58N2O4+2. The van der Waals surface area contributed by atoms with Crippen LogP contribution in [0.2, 0.25) is 0 Å². The molecule has 0 radical (unpaired) electrons. The molecule has 2 N–H and O–H groups in total. The van der Waals surface area contributed by atoms with Gasteiger partial charge in [0.1, 0.15) is 28.4 Å². The minimum atomic E-state index is 0.0905. The van der Waals surface area contributed by atoms with Crippen molar-refractivity contribution in [1.29, 1.82) is 0 Å². The molecule has 2 aromatic carbocycles. The summed E-state index contributed by atoms with van der Waals surface area (Å²) in [6.07, 6.45) is 15.3. The summed E-state index contributed by atoms with van der Waals surface area (Å²) >= 11 is 0. The summed E-state index contributed by atoms with van der Waals surface area (Å²) in [5.74, 6) is 5.13. The van der Waals surface area contributed by atoms with Crippen molar-refractivity contribution in [2.75, 3.05) is 36.0 Å². The van der Waals surface area contributed by atoms with Crippen molar-refractivity contribution in [2.24, 2.45) is 34.5 Å². The molecule has 290 valence electrons. The van der Waals surface area contributed by atoms with Crippen LogP contribution in [0.15, 0.2) is 99.4 Å². The van der Waals surface area contributed by atoms with Crippen LogP contribution >= 0.6 is 0 Å². The smallest absolute Gasteiger partial charge is 0.363 e. The molecule has 8 aliphatic rings. The van der Waals surface area contributed by atoms with Gasteiger partial charge in [-0.15, -0.1) is 0 Å². The number of allylic oxidation sites excluding steroid dienone is 9. The second-order valence-electron chi connectivity index (χ2n) is 18.2.